The van der Waals surface area contributed by atoms with E-state index in [1.165, 1.54) is 22.1 Å². The smallest absolute Gasteiger partial charge is 0.240 e. The Kier molecular flexibility index (Phi) is 6.04. The minimum absolute atomic E-state index is 0.154. The van der Waals surface area contributed by atoms with E-state index in [0.717, 1.165) is 44.5 Å². The maximum Gasteiger partial charge on any atom is 0.240 e. The lowest BCUT2D eigenvalue weighted by Crippen LogP contribution is -2.57. The van der Waals surface area contributed by atoms with Gasteiger partial charge in [0.05, 0.1) is 6.04 Å². The third-order valence-electron chi connectivity index (χ3n) is 6.52. The van der Waals surface area contributed by atoms with Gasteiger partial charge in [0.25, 0.3) is 0 Å². The van der Waals surface area contributed by atoms with Gasteiger partial charge in [0.15, 0.2) is 0 Å². The number of nitrogens with zero attached hydrogens (tertiary/aromatic N) is 2. The van der Waals surface area contributed by atoms with E-state index in [-0.39, 0.29) is 11.9 Å². The molecule has 4 nitrogen and oxygen atoms in total. The molecule has 0 bridgehead atoms. The van der Waals surface area contributed by atoms with Crippen LogP contribution in [0.2, 0.25) is 0 Å². The molecule has 1 saturated heterocycles. The quantitative estimate of drug-likeness (QED) is 0.469. The third-order valence-corrected chi connectivity index (χ3v) is 6.52. The summed E-state index contributed by atoms with van der Waals surface area (Å²) in [4.78, 5) is 21.5. The maximum absolute atomic E-state index is 13.7. The standard InChI is InChI=1S/C28H29N3O/c32-28-27(19-24-20-29-26-14-8-7-13-25(24)26)31(21-23-11-5-2-6-12-23)18-17-30(28)16-15-22-9-3-1-4-10-22/h1-14,20,27,29H,15-19,21H2/t27-/m0/s1. The molecule has 0 unspecified atom stereocenters. The third kappa shape index (κ3) is 4.46. The lowest BCUT2D eigenvalue weighted by molar-refractivity contribution is -0.142. The van der Waals surface area contributed by atoms with Crippen LogP contribution in [0.3, 0.4) is 0 Å². The van der Waals surface area contributed by atoms with Gasteiger partial charge in [-0.05, 0) is 35.6 Å². The largest absolute Gasteiger partial charge is 0.361 e. The summed E-state index contributed by atoms with van der Waals surface area (Å²) >= 11 is 0. The number of carbonyl (C=O) groups excluding carboxylic acids is 1. The predicted octanol–water partition coefficient (Wildman–Crippen LogP) is 4.67. The molecular weight excluding hydrogens is 394 g/mol. The summed E-state index contributed by atoms with van der Waals surface area (Å²) < 4.78 is 0. The summed E-state index contributed by atoms with van der Waals surface area (Å²) in [6.07, 6.45) is 3.68. The van der Waals surface area contributed by atoms with Gasteiger partial charge >= 0.3 is 0 Å². The minimum Gasteiger partial charge on any atom is -0.361 e. The number of carbonyl (C=O) groups is 1. The number of piperazine rings is 1. The van der Waals surface area contributed by atoms with Gasteiger partial charge in [-0.2, -0.15) is 0 Å². The highest BCUT2D eigenvalue weighted by Crippen LogP contribution is 2.24. The van der Waals surface area contributed by atoms with E-state index in [0.29, 0.717) is 0 Å². The first-order chi connectivity index (χ1) is 15.8. The minimum atomic E-state index is -0.154. The predicted molar refractivity (Wildman–Crippen MR) is 129 cm³/mol. The number of para-hydroxylation sites is 1. The van der Waals surface area contributed by atoms with E-state index >= 15 is 0 Å². The number of nitrogens with one attached hydrogen (secondary N) is 1. The molecule has 1 fully saturated rings. The Morgan fingerprint density at radius 1 is 0.812 bits per heavy atom. The van der Waals surface area contributed by atoms with Crippen LogP contribution in [0.1, 0.15) is 16.7 Å². The Hall–Kier alpha value is -3.37. The highest BCUT2D eigenvalue weighted by molar-refractivity contribution is 5.86. The average Bonchev–Trinajstić information content (AvgIpc) is 3.25. The molecule has 1 aliphatic rings. The highest BCUT2D eigenvalue weighted by atomic mass is 16.2. The van der Waals surface area contributed by atoms with Gasteiger partial charge in [-0.25, -0.2) is 0 Å². The van der Waals surface area contributed by atoms with Gasteiger partial charge in [-0.3, -0.25) is 9.69 Å². The highest BCUT2D eigenvalue weighted by Gasteiger charge is 2.35. The Labute approximate surface area is 189 Å². The van der Waals surface area contributed by atoms with Crippen molar-refractivity contribution in [1.29, 1.82) is 0 Å². The number of benzene rings is 3. The zero-order chi connectivity index (χ0) is 21.8. The van der Waals surface area contributed by atoms with E-state index in [4.69, 9.17) is 0 Å². The SMILES string of the molecule is O=C1[C@H](Cc2c[nH]c3ccccc23)N(Cc2ccccc2)CCN1CCc1ccccc1. The lowest BCUT2D eigenvalue weighted by atomic mass is 9.99. The summed E-state index contributed by atoms with van der Waals surface area (Å²) in [5, 5.41) is 1.21. The summed E-state index contributed by atoms with van der Waals surface area (Å²) in [5.41, 5.74) is 4.87. The topological polar surface area (TPSA) is 39.3 Å². The number of aromatic amines is 1. The number of fused-ring (bicyclic) bond motifs is 1. The van der Waals surface area contributed by atoms with Crippen LogP contribution >= 0.6 is 0 Å². The van der Waals surface area contributed by atoms with Gasteiger partial charge in [0.2, 0.25) is 5.91 Å². The van der Waals surface area contributed by atoms with Crippen molar-refractivity contribution < 1.29 is 4.79 Å². The fourth-order valence-electron chi connectivity index (χ4n) is 4.75. The van der Waals surface area contributed by atoms with Crippen LogP contribution in [-0.4, -0.2) is 46.4 Å². The van der Waals surface area contributed by atoms with Crippen LogP contribution in [-0.2, 0) is 24.2 Å². The lowest BCUT2D eigenvalue weighted by Gasteiger charge is -2.41. The normalized spacial score (nSPS) is 17.2. The molecule has 1 amide bonds. The Morgan fingerprint density at radius 2 is 1.50 bits per heavy atom. The Balaban J connectivity index is 1.37. The van der Waals surface area contributed by atoms with Crippen molar-refractivity contribution in [2.45, 2.75) is 25.4 Å². The van der Waals surface area contributed by atoms with Crippen molar-refractivity contribution in [3.8, 4) is 0 Å². The maximum atomic E-state index is 13.7. The number of hydrogen-bond acceptors (Lipinski definition) is 2. The molecule has 32 heavy (non-hydrogen) atoms. The van der Waals surface area contributed by atoms with Gasteiger partial charge in [0.1, 0.15) is 0 Å². The Bertz CT molecular complexity index is 1170. The molecule has 1 N–H and O–H groups in total. The van der Waals surface area contributed by atoms with Crippen LogP contribution in [0.4, 0.5) is 0 Å². The molecule has 3 aromatic carbocycles. The van der Waals surface area contributed by atoms with Gasteiger partial charge < -0.3 is 9.88 Å². The second-order valence-corrected chi connectivity index (χ2v) is 8.60. The van der Waals surface area contributed by atoms with E-state index in [1.807, 2.05) is 18.2 Å². The molecule has 162 valence electrons. The second kappa shape index (κ2) is 9.41. The van der Waals surface area contributed by atoms with Crippen molar-refractivity contribution in [1.82, 2.24) is 14.8 Å². The Morgan fingerprint density at radius 3 is 2.28 bits per heavy atom. The summed E-state index contributed by atoms with van der Waals surface area (Å²) in [7, 11) is 0. The molecule has 1 atom stereocenters. The van der Waals surface area contributed by atoms with Crippen molar-refractivity contribution in [3.63, 3.8) is 0 Å². The van der Waals surface area contributed by atoms with E-state index in [9.17, 15) is 4.79 Å². The molecule has 4 aromatic rings. The van der Waals surface area contributed by atoms with Crippen LogP contribution in [0, 0.1) is 0 Å². The molecule has 0 aliphatic carbocycles. The first-order valence-corrected chi connectivity index (χ1v) is 11.4. The van der Waals surface area contributed by atoms with Crippen molar-refractivity contribution in [3.05, 3.63) is 108 Å². The monoisotopic (exact) mass is 423 g/mol. The van der Waals surface area contributed by atoms with E-state index in [2.05, 4.69) is 87.7 Å². The molecule has 4 heteroatoms. The summed E-state index contributed by atoms with van der Waals surface area (Å²) in [6.45, 7) is 3.24. The first kappa shape index (κ1) is 20.5. The molecular formula is C28H29N3O. The molecule has 1 aliphatic heterocycles. The molecule has 0 radical (unpaired) electrons. The summed E-state index contributed by atoms with van der Waals surface area (Å²) in [6, 6.07) is 29.1. The van der Waals surface area contributed by atoms with Crippen LogP contribution in [0.5, 0.6) is 0 Å². The van der Waals surface area contributed by atoms with Gasteiger partial charge in [-0.15, -0.1) is 0 Å². The van der Waals surface area contributed by atoms with Crippen LogP contribution < -0.4 is 0 Å². The average molecular weight is 424 g/mol. The number of aromatic nitrogens is 1. The molecule has 5 rings (SSSR count). The van der Waals surface area contributed by atoms with Crippen molar-refractivity contribution in [2.24, 2.45) is 0 Å². The van der Waals surface area contributed by atoms with Crippen LogP contribution in [0.15, 0.2) is 91.1 Å². The molecule has 0 spiro atoms. The number of H-pyrrole nitrogens is 1. The second-order valence-electron chi connectivity index (χ2n) is 8.60. The van der Waals surface area contributed by atoms with Crippen molar-refractivity contribution in [2.75, 3.05) is 19.6 Å². The molecule has 2 heterocycles. The molecule has 1 aromatic heterocycles. The summed E-state index contributed by atoms with van der Waals surface area (Å²) in [5.74, 6) is 0.244. The number of rotatable bonds is 7. The van der Waals surface area contributed by atoms with Gasteiger partial charge in [-0.1, -0.05) is 78.9 Å². The fourth-order valence-corrected chi connectivity index (χ4v) is 4.75. The molecule has 0 saturated carbocycles. The fraction of sp³-hybridized carbons (Fsp3) is 0.250. The van der Waals surface area contributed by atoms with Crippen molar-refractivity contribution >= 4 is 16.8 Å². The first-order valence-electron chi connectivity index (χ1n) is 11.4. The van der Waals surface area contributed by atoms with Crippen LogP contribution in [0.25, 0.3) is 10.9 Å². The number of amides is 1. The van der Waals surface area contributed by atoms with Gasteiger partial charge in [0, 0.05) is 43.3 Å². The van der Waals surface area contributed by atoms with E-state index < -0.39 is 0 Å². The number of hydrogen-bond donors (Lipinski definition) is 1. The zero-order valence-corrected chi connectivity index (χ0v) is 18.3. The zero-order valence-electron chi connectivity index (χ0n) is 18.3. The van der Waals surface area contributed by atoms with E-state index in [1.54, 1.807) is 0 Å².